The zero-order valence-corrected chi connectivity index (χ0v) is 14.9. The Hall–Kier alpha value is -2.63. The Bertz CT molecular complexity index is 1060. The fraction of sp³-hybridized carbons (Fsp3) is 0.0526. The summed E-state index contributed by atoms with van der Waals surface area (Å²) in [5.74, 6) is 1.43. The number of aromatic nitrogens is 2. The summed E-state index contributed by atoms with van der Waals surface area (Å²) in [7, 11) is 0. The highest BCUT2D eigenvalue weighted by molar-refractivity contribution is 7.21. The SMILES string of the molecule is Cc1nc(Nc2cc(Cl)ccc2O)c2cc(-c3ccccc3)sc2n1. The normalized spacial score (nSPS) is 11.0. The number of thiophene rings is 1. The average Bonchev–Trinajstić information content (AvgIpc) is 3.03. The van der Waals surface area contributed by atoms with Crippen molar-refractivity contribution in [2.24, 2.45) is 0 Å². The Balaban J connectivity index is 1.83. The van der Waals surface area contributed by atoms with Crippen molar-refractivity contribution < 1.29 is 5.11 Å². The summed E-state index contributed by atoms with van der Waals surface area (Å²) in [6.45, 7) is 1.85. The molecule has 124 valence electrons. The molecule has 0 aliphatic heterocycles. The van der Waals surface area contributed by atoms with Crippen molar-refractivity contribution in [2.75, 3.05) is 5.32 Å². The standard InChI is InChI=1S/C19H14ClN3OS/c1-11-21-18(23-15-9-13(20)7-8-16(15)24)14-10-17(25-19(14)22-11)12-5-3-2-4-6-12/h2-10,24H,1H3,(H,21,22,23). The molecule has 0 fully saturated rings. The fourth-order valence-electron chi connectivity index (χ4n) is 2.60. The lowest BCUT2D eigenvalue weighted by Gasteiger charge is -2.09. The first-order valence-corrected chi connectivity index (χ1v) is 8.89. The molecular formula is C19H14ClN3OS. The predicted molar refractivity (Wildman–Crippen MR) is 104 cm³/mol. The van der Waals surface area contributed by atoms with Gasteiger partial charge in [-0.15, -0.1) is 11.3 Å². The Labute approximate surface area is 153 Å². The van der Waals surface area contributed by atoms with E-state index in [2.05, 4.69) is 33.5 Å². The van der Waals surface area contributed by atoms with Crippen LogP contribution in [-0.4, -0.2) is 15.1 Å². The molecule has 2 N–H and O–H groups in total. The average molecular weight is 368 g/mol. The van der Waals surface area contributed by atoms with E-state index in [9.17, 15) is 5.11 Å². The van der Waals surface area contributed by atoms with Crippen molar-refractivity contribution in [3.63, 3.8) is 0 Å². The van der Waals surface area contributed by atoms with Crippen LogP contribution in [0.1, 0.15) is 5.82 Å². The number of fused-ring (bicyclic) bond motifs is 1. The third-order valence-corrected chi connectivity index (χ3v) is 5.09. The second-order valence-electron chi connectivity index (χ2n) is 5.60. The molecule has 0 saturated carbocycles. The smallest absolute Gasteiger partial charge is 0.143 e. The quantitative estimate of drug-likeness (QED) is 0.451. The van der Waals surface area contributed by atoms with Gasteiger partial charge in [-0.3, -0.25) is 0 Å². The second-order valence-corrected chi connectivity index (χ2v) is 7.07. The largest absolute Gasteiger partial charge is 0.506 e. The third-order valence-electron chi connectivity index (χ3n) is 3.77. The van der Waals surface area contributed by atoms with Crippen LogP contribution in [0.4, 0.5) is 11.5 Å². The van der Waals surface area contributed by atoms with Crippen molar-refractivity contribution in [1.29, 1.82) is 0 Å². The van der Waals surface area contributed by atoms with Gasteiger partial charge in [0.1, 0.15) is 22.2 Å². The van der Waals surface area contributed by atoms with Gasteiger partial charge in [-0.2, -0.15) is 0 Å². The van der Waals surface area contributed by atoms with Gasteiger partial charge in [-0.1, -0.05) is 41.9 Å². The highest BCUT2D eigenvalue weighted by atomic mass is 35.5. The first kappa shape index (κ1) is 15.9. The molecule has 0 aliphatic rings. The van der Waals surface area contributed by atoms with Gasteiger partial charge in [0.25, 0.3) is 0 Å². The molecule has 4 rings (SSSR count). The van der Waals surface area contributed by atoms with E-state index >= 15 is 0 Å². The lowest BCUT2D eigenvalue weighted by molar-refractivity contribution is 0.478. The first-order chi connectivity index (χ1) is 12.1. The lowest BCUT2D eigenvalue weighted by Crippen LogP contribution is -1.97. The number of halogens is 1. The maximum absolute atomic E-state index is 10.1. The van der Waals surface area contributed by atoms with Gasteiger partial charge in [0.15, 0.2) is 0 Å². The molecule has 2 heterocycles. The summed E-state index contributed by atoms with van der Waals surface area (Å²) in [4.78, 5) is 11.1. The predicted octanol–water partition coefficient (Wildman–Crippen LogP) is 5.77. The number of phenols is 1. The van der Waals surface area contributed by atoms with E-state index in [4.69, 9.17) is 11.6 Å². The van der Waals surface area contributed by atoms with E-state index in [1.165, 1.54) is 0 Å². The zero-order valence-electron chi connectivity index (χ0n) is 13.3. The van der Waals surface area contributed by atoms with Gasteiger partial charge >= 0.3 is 0 Å². The van der Waals surface area contributed by atoms with Crippen molar-refractivity contribution >= 4 is 44.7 Å². The number of hydrogen-bond acceptors (Lipinski definition) is 5. The molecule has 0 saturated heterocycles. The molecule has 4 nitrogen and oxygen atoms in total. The summed E-state index contributed by atoms with van der Waals surface area (Å²) in [5.41, 5.74) is 1.65. The number of rotatable bonds is 3. The Kier molecular flexibility index (Phi) is 4.03. The van der Waals surface area contributed by atoms with Crippen LogP contribution in [0, 0.1) is 6.92 Å². The minimum Gasteiger partial charge on any atom is -0.506 e. The third kappa shape index (κ3) is 3.16. The van der Waals surface area contributed by atoms with Gasteiger partial charge in [0, 0.05) is 9.90 Å². The van der Waals surface area contributed by atoms with Gasteiger partial charge in [-0.05, 0) is 36.8 Å². The minimum atomic E-state index is 0.118. The molecule has 0 aliphatic carbocycles. The molecule has 4 aromatic rings. The summed E-state index contributed by atoms with van der Waals surface area (Å²) in [6, 6.07) is 17.1. The van der Waals surface area contributed by atoms with Gasteiger partial charge in [0.2, 0.25) is 0 Å². The summed E-state index contributed by atoms with van der Waals surface area (Å²) >= 11 is 7.65. The molecule has 0 radical (unpaired) electrons. The molecule has 2 aromatic carbocycles. The fourth-order valence-corrected chi connectivity index (χ4v) is 3.86. The molecule has 0 unspecified atom stereocenters. The van der Waals surface area contributed by atoms with Crippen molar-refractivity contribution in [3.8, 4) is 16.2 Å². The second kappa shape index (κ2) is 6.35. The molecule has 0 bridgehead atoms. The molecule has 25 heavy (non-hydrogen) atoms. The number of nitrogens with zero attached hydrogens (tertiary/aromatic N) is 2. The molecule has 0 amide bonds. The van der Waals surface area contributed by atoms with Crippen LogP contribution >= 0.6 is 22.9 Å². The van der Waals surface area contributed by atoms with Gasteiger partial charge in [-0.25, -0.2) is 9.97 Å². The summed E-state index contributed by atoms with van der Waals surface area (Å²) < 4.78 is 0. The van der Waals surface area contributed by atoms with Crippen molar-refractivity contribution in [3.05, 3.63) is 65.4 Å². The van der Waals surface area contributed by atoms with Crippen LogP contribution in [-0.2, 0) is 0 Å². The molecule has 0 atom stereocenters. The number of aryl methyl sites for hydroxylation is 1. The van der Waals surface area contributed by atoms with Crippen LogP contribution < -0.4 is 5.32 Å². The van der Waals surface area contributed by atoms with E-state index in [1.807, 2.05) is 25.1 Å². The van der Waals surface area contributed by atoms with Crippen LogP contribution in [0.25, 0.3) is 20.7 Å². The van der Waals surface area contributed by atoms with Crippen LogP contribution in [0.5, 0.6) is 5.75 Å². The molecule has 2 aromatic heterocycles. The van der Waals surface area contributed by atoms with E-state index in [0.29, 0.717) is 22.4 Å². The number of hydrogen-bond donors (Lipinski definition) is 2. The van der Waals surface area contributed by atoms with E-state index in [1.54, 1.807) is 29.5 Å². The summed E-state index contributed by atoms with van der Waals surface area (Å²) in [5, 5.41) is 14.7. The highest BCUT2D eigenvalue weighted by Gasteiger charge is 2.13. The van der Waals surface area contributed by atoms with Crippen molar-refractivity contribution in [1.82, 2.24) is 9.97 Å². The number of benzene rings is 2. The Morgan fingerprint density at radius 2 is 1.84 bits per heavy atom. The van der Waals surface area contributed by atoms with E-state index < -0.39 is 0 Å². The van der Waals surface area contributed by atoms with Crippen LogP contribution in [0.2, 0.25) is 5.02 Å². The molecule has 6 heteroatoms. The number of nitrogens with one attached hydrogen (secondary N) is 1. The lowest BCUT2D eigenvalue weighted by atomic mass is 10.2. The topological polar surface area (TPSA) is 58.0 Å². The van der Waals surface area contributed by atoms with Crippen molar-refractivity contribution in [2.45, 2.75) is 6.92 Å². The molecule has 0 spiro atoms. The number of anilines is 2. The highest BCUT2D eigenvalue weighted by Crippen LogP contribution is 2.37. The van der Waals surface area contributed by atoms with E-state index in [0.717, 1.165) is 20.7 Å². The van der Waals surface area contributed by atoms with Gasteiger partial charge < -0.3 is 10.4 Å². The number of aromatic hydroxyl groups is 1. The Morgan fingerprint density at radius 3 is 2.64 bits per heavy atom. The van der Waals surface area contributed by atoms with Crippen LogP contribution in [0.3, 0.4) is 0 Å². The monoisotopic (exact) mass is 367 g/mol. The van der Waals surface area contributed by atoms with Gasteiger partial charge in [0.05, 0.1) is 11.1 Å². The zero-order chi connectivity index (χ0) is 17.4. The maximum atomic E-state index is 10.1. The molecular weight excluding hydrogens is 354 g/mol. The maximum Gasteiger partial charge on any atom is 0.143 e. The minimum absolute atomic E-state index is 0.118. The first-order valence-electron chi connectivity index (χ1n) is 7.69. The summed E-state index contributed by atoms with van der Waals surface area (Å²) in [6.07, 6.45) is 0. The van der Waals surface area contributed by atoms with Crippen LogP contribution in [0.15, 0.2) is 54.6 Å². The van der Waals surface area contributed by atoms with E-state index in [-0.39, 0.29) is 5.75 Å². The Morgan fingerprint density at radius 1 is 1.04 bits per heavy atom. The number of phenolic OH excluding ortho intramolecular Hbond substituents is 1.